The molecule has 0 atom stereocenters. The molecule has 3 rings (SSSR count). The van der Waals surface area contributed by atoms with Gasteiger partial charge in [-0.15, -0.1) is 0 Å². The Morgan fingerprint density at radius 2 is 1.93 bits per heavy atom. The van der Waals surface area contributed by atoms with Crippen LogP contribution in [0, 0.1) is 0 Å². The van der Waals surface area contributed by atoms with Crippen molar-refractivity contribution < 1.29 is 17.9 Å². The summed E-state index contributed by atoms with van der Waals surface area (Å²) < 4.78 is 31.2. The maximum Gasteiger partial charge on any atom is 0.258 e. The van der Waals surface area contributed by atoms with Gasteiger partial charge in [0.15, 0.2) is 0 Å². The summed E-state index contributed by atoms with van der Waals surface area (Å²) in [5.74, 6) is 0.555. The molecule has 6 nitrogen and oxygen atoms in total. The predicted molar refractivity (Wildman–Crippen MR) is 105 cm³/mol. The number of rotatable bonds is 6. The molecule has 0 unspecified atom stereocenters. The standard InChI is InChI=1S/C20H22N2O4S/c1-4-13-26-17-7-5-15(6-8-17)20(23)22-12-11-16-14-18(9-10-19(16)22)27(24,25)21(2)3/h4-10,14H,1,11-13H2,2-3H3. The number of amides is 1. The van der Waals surface area contributed by atoms with Crippen LogP contribution in [0.15, 0.2) is 60.0 Å². The fourth-order valence-corrected chi connectivity index (χ4v) is 3.92. The summed E-state index contributed by atoms with van der Waals surface area (Å²) in [7, 11) is -0.490. The van der Waals surface area contributed by atoms with Crippen molar-refractivity contribution in [2.45, 2.75) is 11.3 Å². The van der Waals surface area contributed by atoms with Gasteiger partial charge in [-0.3, -0.25) is 4.79 Å². The number of nitrogens with zero attached hydrogens (tertiary/aromatic N) is 2. The summed E-state index contributed by atoms with van der Waals surface area (Å²) in [5.41, 5.74) is 2.17. The lowest BCUT2D eigenvalue weighted by atomic mass is 10.1. The zero-order valence-electron chi connectivity index (χ0n) is 15.4. The van der Waals surface area contributed by atoms with Crippen LogP contribution in [0.1, 0.15) is 15.9 Å². The highest BCUT2D eigenvalue weighted by molar-refractivity contribution is 7.89. The first-order valence-electron chi connectivity index (χ1n) is 8.55. The Morgan fingerprint density at radius 1 is 1.22 bits per heavy atom. The largest absolute Gasteiger partial charge is 0.490 e. The highest BCUT2D eigenvalue weighted by Gasteiger charge is 2.28. The summed E-state index contributed by atoms with van der Waals surface area (Å²) in [6.07, 6.45) is 2.28. The van der Waals surface area contributed by atoms with Gasteiger partial charge in [0.25, 0.3) is 5.91 Å². The number of benzene rings is 2. The van der Waals surface area contributed by atoms with Crippen LogP contribution >= 0.6 is 0 Å². The molecule has 2 aromatic carbocycles. The fraction of sp³-hybridized carbons (Fsp3) is 0.250. The van der Waals surface area contributed by atoms with Crippen LogP contribution in [0.5, 0.6) is 5.75 Å². The molecule has 0 saturated carbocycles. The molecule has 7 heteroatoms. The topological polar surface area (TPSA) is 66.9 Å². The van der Waals surface area contributed by atoms with Crippen LogP contribution in [0.4, 0.5) is 5.69 Å². The maximum absolute atomic E-state index is 12.9. The summed E-state index contributed by atoms with van der Waals surface area (Å²) >= 11 is 0. The van der Waals surface area contributed by atoms with E-state index in [1.807, 2.05) is 0 Å². The third kappa shape index (κ3) is 3.74. The molecule has 0 radical (unpaired) electrons. The fourth-order valence-electron chi connectivity index (χ4n) is 2.97. The lowest BCUT2D eigenvalue weighted by Crippen LogP contribution is -2.28. The summed E-state index contributed by atoms with van der Waals surface area (Å²) in [6, 6.07) is 11.9. The second-order valence-electron chi connectivity index (χ2n) is 6.41. The number of carbonyl (C=O) groups is 1. The molecule has 0 fully saturated rings. The lowest BCUT2D eigenvalue weighted by Gasteiger charge is -2.18. The van der Waals surface area contributed by atoms with Crippen LogP contribution in [0.25, 0.3) is 0 Å². The van der Waals surface area contributed by atoms with Gasteiger partial charge in [-0.1, -0.05) is 12.7 Å². The summed E-state index contributed by atoms with van der Waals surface area (Å²) in [6.45, 7) is 4.53. The Bertz CT molecular complexity index is 966. The van der Waals surface area contributed by atoms with E-state index in [9.17, 15) is 13.2 Å². The molecule has 2 aromatic rings. The zero-order chi connectivity index (χ0) is 19.6. The molecule has 142 valence electrons. The molecule has 0 saturated heterocycles. The van der Waals surface area contributed by atoms with Gasteiger partial charge in [0.1, 0.15) is 12.4 Å². The Labute approximate surface area is 159 Å². The Balaban J connectivity index is 1.83. The molecule has 0 N–H and O–H groups in total. The van der Waals surface area contributed by atoms with Gasteiger partial charge in [0.2, 0.25) is 10.0 Å². The average molecular weight is 386 g/mol. The third-order valence-electron chi connectivity index (χ3n) is 4.44. The van der Waals surface area contributed by atoms with Gasteiger partial charge in [-0.2, -0.15) is 0 Å². The van der Waals surface area contributed by atoms with Crippen LogP contribution in [-0.2, 0) is 16.4 Å². The quantitative estimate of drug-likeness (QED) is 0.716. The first-order chi connectivity index (χ1) is 12.8. The van der Waals surface area contributed by atoms with Gasteiger partial charge < -0.3 is 9.64 Å². The Morgan fingerprint density at radius 3 is 2.56 bits per heavy atom. The molecule has 0 aromatic heterocycles. The number of hydrogen-bond donors (Lipinski definition) is 0. The number of ether oxygens (including phenoxy) is 1. The van der Waals surface area contributed by atoms with E-state index in [0.717, 1.165) is 11.3 Å². The van der Waals surface area contributed by atoms with Crippen LogP contribution < -0.4 is 9.64 Å². The normalized spacial score (nSPS) is 13.5. The van der Waals surface area contributed by atoms with Gasteiger partial charge in [-0.05, 0) is 54.4 Å². The molecular formula is C20H22N2O4S. The van der Waals surface area contributed by atoms with Gasteiger partial charge in [0, 0.05) is 31.9 Å². The molecule has 1 aliphatic rings. The van der Waals surface area contributed by atoms with Crippen molar-refractivity contribution in [3.05, 3.63) is 66.2 Å². The number of sulfonamides is 1. The second kappa shape index (κ2) is 7.54. The summed E-state index contributed by atoms with van der Waals surface area (Å²) in [5, 5.41) is 0. The van der Waals surface area contributed by atoms with Crippen molar-refractivity contribution in [3.8, 4) is 5.75 Å². The predicted octanol–water partition coefficient (Wildman–Crippen LogP) is 2.70. The number of carbonyl (C=O) groups excluding carboxylic acids is 1. The molecule has 1 amide bonds. The van der Waals surface area contributed by atoms with Crippen LogP contribution in [-0.4, -0.2) is 45.9 Å². The molecule has 0 bridgehead atoms. The minimum absolute atomic E-state index is 0.118. The second-order valence-corrected chi connectivity index (χ2v) is 8.56. The van der Waals surface area contributed by atoms with Crippen LogP contribution in [0.2, 0.25) is 0 Å². The van der Waals surface area contributed by atoms with E-state index in [-0.39, 0.29) is 10.8 Å². The number of hydrogen-bond acceptors (Lipinski definition) is 4. The van der Waals surface area contributed by atoms with E-state index >= 15 is 0 Å². The van der Waals surface area contributed by atoms with Crippen molar-refractivity contribution in [2.24, 2.45) is 0 Å². The molecule has 27 heavy (non-hydrogen) atoms. The first kappa shape index (κ1) is 19.1. The minimum atomic E-state index is -3.49. The van der Waals surface area contributed by atoms with Crippen LogP contribution in [0.3, 0.4) is 0 Å². The summed E-state index contributed by atoms with van der Waals surface area (Å²) in [4.78, 5) is 14.8. The van der Waals surface area contributed by atoms with Gasteiger partial charge in [0.05, 0.1) is 4.90 Å². The monoisotopic (exact) mass is 386 g/mol. The first-order valence-corrected chi connectivity index (χ1v) is 9.99. The maximum atomic E-state index is 12.9. The highest BCUT2D eigenvalue weighted by Crippen LogP contribution is 2.32. The van der Waals surface area contributed by atoms with E-state index < -0.39 is 10.0 Å². The molecular weight excluding hydrogens is 364 g/mol. The third-order valence-corrected chi connectivity index (χ3v) is 6.25. The highest BCUT2D eigenvalue weighted by atomic mass is 32.2. The Hall–Kier alpha value is -2.64. The molecule has 1 heterocycles. The Kier molecular flexibility index (Phi) is 5.34. The van der Waals surface area contributed by atoms with Gasteiger partial charge in [-0.25, -0.2) is 12.7 Å². The van der Waals surface area contributed by atoms with E-state index in [1.54, 1.807) is 53.4 Å². The van der Waals surface area contributed by atoms with E-state index in [0.29, 0.717) is 30.9 Å². The smallest absolute Gasteiger partial charge is 0.258 e. The number of fused-ring (bicyclic) bond motifs is 1. The van der Waals surface area contributed by atoms with E-state index in [1.165, 1.54) is 18.4 Å². The van der Waals surface area contributed by atoms with Crippen molar-refractivity contribution in [1.29, 1.82) is 0 Å². The zero-order valence-corrected chi connectivity index (χ0v) is 16.2. The number of anilines is 1. The average Bonchev–Trinajstić information content (AvgIpc) is 3.09. The molecule has 1 aliphatic heterocycles. The van der Waals surface area contributed by atoms with Crippen molar-refractivity contribution in [1.82, 2.24) is 4.31 Å². The van der Waals surface area contributed by atoms with E-state index in [2.05, 4.69) is 6.58 Å². The molecule has 0 aliphatic carbocycles. The van der Waals surface area contributed by atoms with Crippen molar-refractivity contribution in [2.75, 3.05) is 32.1 Å². The minimum Gasteiger partial charge on any atom is -0.490 e. The lowest BCUT2D eigenvalue weighted by molar-refractivity contribution is 0.0989. The van der Waals surface area contributed by atoms with E-state index in [4.69, 9.17) is 4.74 Å². The molecule has 0 spiro atoms. The van der Waals surface area contributed by atoms with Gasteiger partial charge >= 0.3 is 0 Å². The van der Waals surface area contributed by atoms with Crippen molar-refractivity contribution in [3.63, 3.8) is 0 Å². The van der Waals surface area contributed by atoms with Crippen molar-refractivity contribution >= 4 is 21.6 Å². The SMILES string of the molecule is C=CCOc1ccc(C(=O)N2CCc3cc(S(=O)(=O)N(C)C)ccc32)cc1.